The lowest BCUT2D eigenvalue weighted by molar-refractivity contribution is 0.666. The molecular formula is C55H38N2. The molecule has 0 atom stereocenters. The Labute approximate surface area is 332 Å². The van der Waals surface area contributed by atoms with Gasteiger partial charge in [0.15, 0.2) is 5.82 Å². The molecule has 0 fully saturated rings. The lowest BCUT2D eigenvalue weighted by atomic mass is 9.80. The van der Waals surface area contributed by atoms with Gasteiger partial charge in [0.1, 0.15) is 0 Å². The zero-order chi connectivity index (χ0) is 38.1. The van der Waals surface area contributed by atoms with E-state index in [1.54, 1.807) is 0 Å². The Balaban J connectivity index is 1.01. The maximum atomic E-state index is 5.26. The van der Waals surface area contributed by atoms with Gasteiger partial charge in [-0.2, -0.15) is 0 Å². The van der Waals surface area contributed by atoms with Crippen LogP contribution in [0.15, 0.2) is 194 Å². The van der Waals surface area contributed by atoms with E-state index in [1.165, 1.54) is 71.4 Å². The van der Waals surface area contributed by atoms with E-state index in [2.05, 4.69) is 202 Å². The molecule has 57 heavy (non-hydrogen) atoms. The second-order valence-corrected chi connectivity index (χ2v) is 15.7. The van der Waals surface area contributed by atoms with E-state index in [1.807, 2.05) is 6.07 Å². The monoisotopic (exact) mass is 726 g/mol. The van der Waals surface area contributed by atoms with Gasteiger partial charge >= 0.3 is 0 Å². The molecule has 0 amide bonds. The minimum atomic E-state index is -0.0945. The Bertz CT molecular complexity index is 3190. The van der Waals surface area contributed by atoms with Gasteiger partial charge in [0.05, 0.1) is 11.4 Å². The molecule has 10 aromatic rings. The zero-order valence-electron chi connectivity index (χ0n) is 31.9. The van der Waals surface area contributed by atoms with Gasteiger partial charge in [0.2, 0.25) is 0 Å². The highest BCUT2D eigenvalue weighted by atomic mass is 14.9. The molecule has 268 valence electrons. The quantitative estimate of drug-likeness (QED) is 0.176. The smallest absolute Gasteiger partial charge is 0.161 e. The van der Waals surface area contributed by atoms with Crippen molar-refractivity contribution in [2.75, 3.05) is 0 Å². The molecule has 2 heteroatoms. The number of nitrogens with zero attached hydrogens (tertiary/aromatic N) is 2. The van der Waals surface area contributed by atoms with Crippen molar-refractivity contribution >= 4 is 32.3 Å². The molecule has 0 unspecified atom stereocenters. The van der Waals surface area contributed by atoms with Crippen LogP contribution in [0.4, 0.5) is 0 Å². The molecule has 1 aliphatic rings. The summed E-state index contributed by atoms with van der Waals surface area (Å²) in [4.78, 5) is 10.5. The fourth-order valence-electron chi connectivity index (χ4n) is 9.29. The van der Waals surface area contributed by atoms with Crippen LogP contribution in [0, 0.1) is 0 Å². The normalized spacial score (nSPS) is 12.9. The van der Waals surface area contributed by atoms with Crippen molar-refractivity contribution in [2.24, 2.45) is 0 Å². The third-order valence-electron chi connectivity index (χ3n) is 12.1. The highest BCUT2D eigenvalue weighted by molar-refractivity contribution is 6.05. The summed E-state index contributed by atoms with van der Waals surface area (Å²) >= 11 is 0. The average Bonchev–Trinajstić information content (AvgIpc) is 3.52. The van der Waals surface area contributed by atoms with E-state index in [9.17, 15) is 0 Å². The molecule has 11 rings (SSSR count). The first-order chi connectivity index (χ1) is 28.0. The van der Waals surface area contributed by atoms with Crippen molar-refractivity contribution in [3.05, 3.63) is 205 Å². The number of benzene rings is 9. The first-order valence-corrected chi connectivity index (χ1v) is 19.7. The first-order valence-electron chi connectivity index (χ1n) is 19.7. The lowest BCUT2D eigenvalue weighted by Gasteiger charge is -2.23. The Kier molecular flexibility index (Phi) is 7.55. The largest absolute Gasteiger partial charge is 0.228 e. The van der Waals surface area contributed by atoms with E-state index in [0.717, 1.165) is 33.5 Å². The zero-order valence-corrected chi connectivity index (χ0v) is 31.9. The van der Waals surface area contributed by atoms with Crippen LogP contribution >= 0.6 is 0 Å². The Morgan fingerprint density at radius 3 is 1.68 bits per heavy atom. The van der Waals surface area contributed by atoms with E-state index in [-0.39, 0.29) is 5.41 Å². The summed E-state index contributed by atoms with van der Waals surface area (Å²) in [5, 5.41) is 7.34. The van der Waals surface area contributed by atoms with Crippen LogP contribution in [0.5, 0.6) is 0 Å². The van der Waals surface area contributed by atoms with Crippen molar-refractivity contribution in [1.29, 1.82) is 0 Å². The Morgan fingerprint density at radius 1 is 0.351 bits per heavy atom. The van der Waals surface area contributed by atoms with E-state index in [4.69, 9.17) is 9.97 Å². The minimum Gasteiger partial charge on any atom is -0.228 e. The summed E-state index contributed by atoms with van der Waals surface area (Å²) in [6.07, 6.45) is 0. The van der Waals surface area contributed by atoms with Gasteiger partial charge < -0.3 is 0 Å². The molecule has 1 heterocycles. The molecule has 2 nitrogen and oxygen atoms in total. The highest BCUT2D eigenvalue weighted by Gasteiger charge is 2.38. The first kappa shape index (κ1) is 33.2. The fourth-order valence-corrected chi connectivity index (χ4v) is 9.29. The molecule has 0 saturated carbocycles. The molecule has 0 radical (unpaired) electrons. The van der Waals surface area contributed by atoms with Gasteiger partial charge in [0.25, 0.3) is 0 Å². The molecule has 1 aromatic heterocycles. The summed E-state index contributed by atoms with van der Waals surface area (Å²) in [5.74, 6) is 0.714. The van der Waals surface area contributed by atoms with Gasteiger partial charge in [-0.1, -0.05) is 190 Å². The Morgan fingerprint density at radius 2 is 0.912 bits per heavy atom. The number of rotatable bonds is 5. The van der Waals surface area contributed by atoms with Crippen molar-refractivity contribution in [3.63, 3.8) is 0 Å². The molecule has 0 N–H and O–H groups in total. The van der Waals surface area contributed by atoms with Crippen molar-refractivity contribution in [1.82, 2.24) is 9.97 Å². The molecule has 0 bridgehead atoms. The van der Waals surface area contributed by atoms with E-state index >= 15 is 0 Å². The second-order valence-electron chi connectivity index (χ2n) is 15.7. The summed E-state index contributed by atoms with van der Waals surface area (Å²) in [5.41, 5.74) is 15.2. The molecule has 0 saturated heterocycles. The number of hydrogen-bond donors (Lipinski definition) is 0. The van der Waals surface area contributed by atoms with Gasteiger partial charge in [-0.05, 0) is 95.0 Å². The molecule has 0 spiro atoms. The maximum absolute atomic E-state index is 5.26. The third kappa shape index (κ3) is 5.40. The third-order valence-corrected chi connectivity index (χ3v) is 12.1. The number of fused-ring (bicyclic) bond motifs is 7. The molecule has 1 aliphatic carbocycles. The van der Waals surface area contributed by atoms with Crippen LogP contribution in [0.3, 0.4) is 0 Å². The molecule has 0 aliphatic heterocycles. The van der Waals surface area contributed by atoms with Gasteiger partial charge in [-0.15, -0.1) is 0 Å². The van der Waals surface area contributed by atoms with Crippen molar-refractivity contribution in [2.45, 2.75) is 19.3 Å². The number of aromatic nitrogens is 2. The summed E-state index contributed by atoms with van der Waals surface area (Å²) in [6, 6.07) is 70.1. The maximum Gasteiger partial charge on any atom is 0.161 e. The Hall–Kier alpha value is -7.16. The lowest BCUT2D eigenvalue weighted by Crippen LogP contribution is -2.15. The molecular weight excluding hydrogens is 689 g/mol. The van der Waals surface area contributed by atoms with E-state index in [0.29, 0.717) is 5.82 Å². The summed E-state index contributed by atoms with van der Waals surface area (Å²) in [7, 11) is 0. The van der Waals surface area contributed by atoms with Crippen LogP contribution in [0.1, 0.15) is 25.0 Å². The second kappa shape index (κ2) is 13.0. The SMILES string of the molecule is CC1(C)c2cccc(-c3ccc(-c4ccc(-c5nc(-c6ccccc6)cc(-c6ccc7ccccc7c6)n5)c5ccccc45)cc3)c2-c2ccc3ccccc3c21. The van der Waals surface area contributed by atoms with Crippen LogP contribution in [0.2, 0.25) is 0 Å². The highest BCUT2D eigenvalue weighted by Crippen LogP contribution is 2.54. The van der Waals surface area contributed by atoms with Crippen LogP contribution in [-0.4, -0.2) is 9.97 Å². The number of hydrogen-bond acceptors (Lipinski definition) is 2. The predicted octanol–water partition coefficient (Wildman–Crippen LogP) is 14.6. The topological polar surface area (TPSA) is 25.8 Å². The average molecular weight is 727 g/mol. The van der Waals surface area contributed by atoms with Crippen LogP contribution in [0.25, 0.3) is 99.6 Å². The van der Waals surface area contributed by atoms with E-state index < -0.39 is 0 Å². The van der Waals surface area contributed by atoms with Crippen molar-refractivity contribution < 1.29 is 0 Å². The minimum absolute atomic E-state index is 0.0945. The predicted molar refractivity (Wildman–Crippen MR) is 239 cm³/mol. The van der Waals surface area contributed by atoms with Crippen molar-refractivity contribution in [3.8, 4) is 67.3 Å². The summed E-state index contributed by atoms with van der Waals surface area (Å²) < 4.78 is 0. The summed E-state index contributed by atoms with van der Waals surface area (Å²) in [6.45, 7) is 4.75. The van der Waals surface area contributed by atoms with Crippen LogP contribution < -0.4 is 0 Å². The van der Waals surface area contributed by atoms with Gasteiger partial charge in [0, 0.05) is 22.1 Å². The van der Waals surface area contributed by atoms with Gasteiger partial charge in [-0.25, -0.2) is 9.97 Å². The van der Waals surface area contributed by atoms with Gasteiger partial charge in [-0.3, -0.25) is 0 Å². The standard InChI is InChI=1S/C55H38N2/c1-55(2)49-22-12-21-43(52(49)48-30-29-36-14-8-9-18-44(36)53(48)55)38-26-24-37(25-27-38)42-31-32-47(46-20-11-10-19-45(42)46)54-56-50(39-15-4-3-5-16-39)34-51(57-54)41-28-23-35-13-6-7-17-40(35)33-41/h3-34H,1-2H3. The fraction of sp³-hybridized carbons (Fsp3) is 0.0545. The molecule has 9 aromatic carbocycles. The van der Waals surface area contributed by atoms with Crippen LogP contribution in [-0.2, 0) is 5.41 Å².